The van der Waals surface area contributed by atoms with Crippen LogP contribution >= 0.6 is 11.3 Å². The number of thiazole rings is 1. The summed E-state index contributed by atoms with van der Waals surface area (Å²) in [4.78, 5) is 32.4. The molecule has 1 aromatic heterocycles. The third-order valence-electron chi connectivity index (χ3n) is 6.35. The maximum Gasteiger partial charge on any atom is 0.338 e. The van der Waals surface area contributed by atoms with E-state index in [1.807, 2.05) is 66.7 Å². The fraction of sp³-hybridized carbons (Fsp3) is 0.207. The largest absolute Gasteiger partial charge is 0.497 e. The first-order chi connectivity index (χ1) is 18.0. The maximum absolute atomic E-state index is 13.9. The zero-order valence-electron chi connectivity index (χ0n) is 21.0. The lowest BCUT2D eigenvalue weighted by atomic mass is 9.90. The smallest absolute Gasteiger partial charge is 0.338 e. The van der Waals surface area contributed by atoms with E-state index in [0.717, 1.165) is 27.6 Å². The molecule has 188 valence electrons. The summed E-state index contributed by atoms with van der Waals surface area (Å²) in [5.41, 5.74) is 2.16. The molecule has 0 aliphatic carbocycles. The number of hydrogen-bond donors (Lipinski definition) is 0. The first kappa shape index (κ1) is 24.5. The van der Waals surface area contributed by atoms with E-state index in [4.69, 9.17) is 14.2 Å². The van der Waals surface area contributed by atoms with Crippen LogP contribution in [0.2, 0.25) is 0 Å². The molecule has 37 heavy (non-hydrogen) atoms. The molecule has 0 spiro atoms. The Balaban J connectivity index is 1.82. The van der Waals surface area contributed by atoms with Crippen LogP contribution < -0.4 is 24.4 Å². The Hall–Kier alpha value is -4.17. The molecule has 0 fully saturated rings. The maximum atomic E-state index is 13.9. The number of nitrogens with zero attached hydrogens (tertiary/aromatic N) is 2. The highest BCUT2D eigenvalue weighted by Crippen LogP contribution is 2.40. The highest BCUT2D eigenvalue weighted by atomic mass is 32.1. The zero-order valence-corrected chi connectivity index (χ0v) is 21.8. The van der Waals surface area contributed by atoms with Crippen LogP contribution in [0.1, 0.15) is 31.0 Å². The lowest BCUT2D eigenvalue weighted by Crippen LogP contribution is -2.40. The van der Waals surface area contributed by atoms with E-state index in [1.165, 1.54) is 11.3 Å². The molecule has 0 saturated carbocycles. The Bertz CT molecular complexity index is 1710. The molecule has 0 saturated heterocycles. The summed E-state index contributed by atoms with van der Waals surface area (Å²) in [5.74, 6) is 0.800. The summed E-state index contributed by atoms with van der Waals surface area (Å²) in [6, 6.07) is 18.4. The van der Waals surface area contributed by atoms with Gasteiger partial charge in [-0.1, -0.05) is 53.8 Å². The molecule has 0 amide bonds. The predicted molar refractivity (Wildman–Crippen MR) is 144 cm³/mol. The summed E-state index contributed by atoms with van der Waals surface area (Å²) < 4.78 is 18.5. The van der Waals surface area contributed by atoms with Crippen molar-refractivity contribution in [2.24, 2.45) is 4.99 Å². The van der Waals surface area contributed by atoms with Gasteiger partial charge in [-0.2, -0.15) is 0 Å². The van der Waals surface area contributed by atoms with E-state index in [1.54, 1.807) is 32.6 Å². The van der Waals surface area contributed by atoms with Crippen molar-refractivity contribution in [2.45, 2.75) is 19.9 Å². The summed E-state index contributed by atoms with van der Waals surface area (Å²) in [6.45, 7) is 3.74. The summed E-state index contributed by atoms with van der Waals surface area (Å²) in [7, 11) is 3.19. The number of carbonyl (C=O) groups excluding carboxylic acids is 1. The number of aromatic nitrogens is 1. The van der Waals surface area contributed by atoms with Gasteiger partial charge in [-0.15, -0.1) is 0 Å². The van der Waals surface area contributed by atoms with Gasteiger partial charge < -0.3 is 14.2 Å². The molecule has 1 atom stereocenters. The van der Waals surface area contributed by atoms with Crippen LogP contribution in [0.5, 0.6) is 11.5 Å². The van der Waals surface area contributed by atoms with E-state index in [9.17, 15) is 9.59 Å². The van der Waals surface area contributed by atoms with Crippen LogP contribution in [0.25, 0.3) is 16.8 Å². The van der Waals surface area contributed by atoms with Gasteiger partial charge in [-0.05, 0) is 54.5 Å². The molecular weight excluding hydrogens is 488 g/mol. The topological polar surface area (TPSA) is 79.1 Å². The monoisotopic (exact) mass is 514 g/mol. The Kier molecular flexibility index (Phi) is 6.67. The molecule has 2 heterocycles. The molecule has 1 unspecified atom stereocenters. The Morgan fingerprint density at radius 3 is 2.51 bits per heavy atom. The number of methoxy groups -OCH3 is 2. The quantitative estimate of drug-likeness (QED) is 0.364. The van der Waals surface area contributed by atoms with Gasteiger partial charge in [0.05, 0.1) is 36.6 Å². The summed E-state index contributed by atoms with van der Waals surface area (Å²) in [5, 5.41) is 1.85. The van der Waals surface area contributed by atoms with Crippen LogP contribution in [0.4, 0.5) is 0 Å². The van der Waals surface area contributed by atoms with Crippen LogP contribution in [-0.4, -0.2) is 31.4 Å². The fourth-order valence-electron chi connectivity index (χ4n) is 4.65. The van der Waals surface area contributed by atoms with Gasteiger partial charge in [0.25, 0.3) is 5.56 Å². The number of benzene rings is 3. The van der Waals surface area contributed by atoms with Gasteiger partial charge in [0.15, 0.2) is 4.80 Å². The summed E-state index contributed by atoms with van der Waals surface area (Å²) in [6.07, 6.45) is 1.82. The van der Waals surface area contributed by atoms with Gasteiger partial charge >= 0.3 is 5.97 Å². The van der Waals surface area contributed by atoms with Crippen molar-refractivity contribution >= 4 is 34.2 Å². The number of rotatable bonds is 6. The zero-order chi connectivity index (χ0) is 26.1. The molecule has 0 N–H and O–H groups in total. The van der Waals surface area contributed by atoms with Crippen molar-refractivity contribution in [3.8, 4) is 11.5 Å². The molecule has 4 aromatic rings. The first-order valence-electron chi connectivity index (χ1n) is 11.9. The predicted octanol–water partition coefficient (Wildman–Crippen LogP) is 3.97. The Labute approximate surface area is 217 Å². The van der Waals surface area contributed by atoms with Gasteiger partial charge in [-0.25, -0.2) is 9.79 Å². The second-order valence-corrected chi connectivity index (χ2v) is 9.49. The molecule has 3 aromatic carbocycles. The van der Waals surface area contributed by atoms with Crippen LogP contribution in [0.3, 0.4) is 0 Å². The normalized spacial score (nSPS) is 15.4. The lowest BCUT2D eigenvalue weighted by molar-refractivity contribution is -0.139. The van der Waals surface area contributed by atoms with Crippen molar-refractivity contribution in [1.82, 2.24) is 4.57 Å². The van der Waals surface area contributed by atoms with Crippen molar-refractivity contribution in [3.63, 3.8) is 0 Å². The minimum atomic E-state index is -0.769. The van der Waals surface area contributed by atoms with Crippen molar-refractivity contribution in [3.05, 3.63) is 103 Å². The van der Waals surface area contributed by atoms with E-state index in [0.29, 0.717) is 26.4 Å². The van der Waals surface area contributed by atoms with Crippen LogP contribution in [0.15, 0.2) is 81.7 Å². The molecule has 1 aliphatic heterocycles. The molecule has 0 radical (unpaired) electrons. The van der Waals surface area contributed by atoms with Crippen molar-refractivity contribution in [1.29, 1.82) is 0 Å². The van der Waals surface area contributed by atoms with Gasteiger partial charge in [-0.3, -0.25) is 9.36 Å². The molecule has 1 aliphatic rings. The number of hydrogen-bond acceptors (Lipinski definition) is 7. The second-order valence-electron chi connectivity index (χ2n) is 8.48. The Morgan fingerprint density at radius 1 is 1.05 bits per heavy atom. The lowest BCUT2D eigenvalue weighted by Gasteiger charge is -2.27. The second kappa shape index (κ2) is 10.1. The van der Waals surface area contributed by atoms with Gasteiger partial charge in [0, 0.05) is 5.56 Å². The number of fused-ring (bicyclic) bond motifs is 2. The molecule has 8 heteroatoms. The molecule has 5 rings (SSSR count). The third kappa shape index (κ3) is 4.34. The standard InChI is InChI=1S/C29H26N2O5S/c1-5-36-28(33)24-17(2)30-29-31(27(32)23(37-29)16-18-10-13-20(34-3)14-11-18)26(24)25-21-9-7-6-8-19(21)12-15-22(25)35-4/h6-16,26H,5H2,1-4H3. The molecule has 0 bridgehead atoms. The summed E-state index contributed by atoms with van der Waals surface area (Å²) >= 11 is 1.28. The fourth-order valence-corrected chi connectivity index (χ4v) is 5.70. The average Bonchev–Trinajstić information content (AvgIpc) is 3.21. The highest BCUT2D eigenvalue weighted by Gasteiger charge is 2.36. The van der Waals surface area contributed by atoms with Crippen LogP contribution in [0, 0.1) is 0 Å². The first-order valence-corrected chi connectivity index (χ1v) is 12.7. The average molecular weight is 515 g/mol. The number of carbonyl (C=O) groups is 1. The van der Waals surface area contributed by atoms with Crippen molar-refractivity contribution < 1.29 is 19.0 Å². The van der Waals surface area contributed by atoms with E-state index in [-0.39, 0.29) is 12.2 Å². The van der Waals surface area contributed by atoms with Crippen molar-refractivity contribution in [2.75, 3.05) is 20.8 Å². The minimum absolute atomic E-state index is 0.205. The van der Waals surface area contributed by atoms with Gasteiger partial charge in [0.1, 0.15) is 17.5 Å². The highest BCUT2D eigenvalue weighted by molar-refractivity contribution is 7.07. The van der Waals surface area contributed by atoms with E-state index < -0.39 is 12.0 Å². The third-order valence-corrected chi connectivity index (χ3v) is 7.34. The van der Waals surface area contributed by atoms with E-state index >= 15 is 0 Å². The number of esters is 1. The minimum Gasteiger partial charge on any atom is -0.497 e. The molecule has 7 nitrogen and oxygen atoms in total. The Morgan fingerprint density at radius 2 is 1.81 bits per heavy atom. The number of allylic oxidation sites excluding steroid dienone is 1. The number of ether oxygens (including phenoxy) is 3. The van der Waals surface area contributed by atoms with Gasteiger partial charge in [0.2, 0.25) is 0 Å². The molecular formula is C29H26N2O5S. The SMILES string of the molecule is CCOC(=O)C1=C(C)N=c2sc(=Cc3ccc(OC)cc3)c(=O)n2C1c1c(OC)ccc2ccccc12. The van der Waals surface area contributed by atoms with E-state index in [2.05, 4.69) is 4.99 Å². The van der Waals surface area contributed by atoms with Crippen LogP contribution in [-0.2, 0) is 9.53 Å².